The van der Waals surface area contributed by atoms with Gasteiger partial charge in [0.05, 0.1) is 18.4 Å². The van der Waals surface area contributed by atoms with Gasteiger partial charge in [-0.2, -0.15) is 0 Å². The molecule has 0 saturated carbocycles. The van der Waals surface area contributed by atoms with Gasteiger partial charge >= 0.3 is 0 Å². The van der Waals surface area contributed by atoms with E-state index in [1.165, 1.54) is 0 Å². The Balaban J connectivity index is 1.65. The van der Waals surface area contributed by atoms with Crippen LogP contribution in [0.2, 0.25) is 0 Å². The van der Waals surface area contributed by atoms with E-state index in [-0.39, 0.29) is 6.10 Å². The van der Waals surface area contributed by atoms with Crippen molar-refractivity contribution in [2.75, 3.05) is 6.54 Å². The van der Waals surface area contributed by atoms with E-state index in [0.717, 1.165) is 11.3 Å². The summed E-state index contributed by atoms with van der Waals surface area (Å²) < 4.78 is 11.0. The Labute approximate surface area is 123 Å². The van der Waals surface area contributed by atoms with Gasteiger partial charge in [0.25, 0.3) is 0 Å². The molecule has 0 fully saturated rings. The van der Waals surface area contributed by atoms with Crippen LogP contribution in [0.3, 0.4) is 0 Å². The molecule has 2 aromatic rings. The predicted octanol–water partition coefficient (Wildman–Crippen LogP) is 2.51. The second-order valence-electron chi connectivity index (χ2n) is 4.79. The maximum absolute atomic E-state index is 5.77. The summed E-state index contributed by atoms with van der Waals surface area (Å²) >= 11 is 0. The van der Waals surface area contributed by atoms with E-state index in [1.54, 1.807) is 12.5 Å². The molecule has 2 heterocycles. The fourth-order valence-corrected chi connectivity index (χ4v) is 2.12. The van der Waals surface area contributed by atoms with Crippen LogP contribution in [0.15, 0.2) is 64.0 Å². The molecule has 1 aliphatic heterocycles. The third-order valence-electron chi connectivity index (χ3n) is 3.06. The van der Waals surface area contributed by atoms with Gasteiger partial charge in [0.1, 0.15) is 12.4 Å². The van der Waals surface area contributed by atoms with E-state index >= 15 is 0 Å². The lowest BCUT2D eigenvalue weighted by molar-refractivity contribution is 0.249. The molecule has 3 rings (SSSR count). The Morgan fingerprint density at radius 1 is 1.19 bits per heavy atom. The van der Waals surface area contributed by atoms with Crippen molar-refractivity contribution in [3.05, 3.63) is 66.0 Å². The standard InChI is InChI=1S/C16H17N3O2/c1-12-9-14(10-17-11-15-18-7-8-20-15)19-16(21-12)13-5-3-2-4-6-13/h2-9,12,17H,10-11H2,1H3. The van der Waals surface area contributed by atoms with Crippen LogP contribution in [0.4, 0.5) is 0 Å². The van der Waals surface area contributed by atoms with E-state index in [2.05, 4.69) is 15.3 Å². The van der Waals surface area contributed by atoms with Crippen LogP contribution >= 0.6 is 0 Å². The summed E-state index contributed by atoms with van der Waals surface area (Å²) in [5.74, 6) is 1.33. The van der Waals surface area contributed by atoms with Crippen molar-refractivity contribution < 1.29 is 9.15 Å². The van der Waals surface area contributed by atoms with Crippen molar-refractivity contribution in [3.8, 4) is 0 Å². The lowest BCUT2D eigenvalue weighted by atomic mass is 10.2. The largest absolute Gasteiger partial charge is 0.470 e. The Kier molecular flexibility index (Phi) is 4.12. The second-order valence-corrected chi connectivity index (χ2v) is 4.79. The van der Waals surface area contributed by atoms with Crippen molar-refractivity contribution in [2.24, 2.45) is 4.99 Å². The highest BCUT2D eigenvalue weighted by Gasteiger charge is 2.15. The molecule has 1 unspecified atom stereocenters. The highest BCUT2D eigenvalue weighted by Crippen LogP contribution is 2.15. The Morgan fingerprint density at radius 3 is 2.81 bits per heavy atom. The lowest BCUT2D eigenvalue weighted by Crippen LogP contribution is -2.23. The first-order valence-corrected chi connectivity index (χ1v) is 6.92. The number of nitrogens with one attached hydrogen (secondary N) is 1. The first-order chi connectivity index (χ1) is 10.3. The summed E-state index contributed by atoms with van der Waals surface area (Å²) in [5.41, 5.74) is 1.95. The zero-order chi connectivity index (χ0) is 14.5. The fourth-order valence-electron chi connectivity index (χ4n) is 2.12. The minimum absolute atomic E-state index is 0.0104. The van der Waals surface area contributed by atoms with Gasteiger partial charge in [-0.1, -0.05) is 18.2 Å². The summed E-state index contributed by atoms with van der Waals surface area (Å²) in [6, 6.07) is 9.92. The molecule has 0 radical (unpaired) electrons. The van der Waals surface area contributed by atoms with E-state index in [9.17, 15) is 0 Å². The molecule has 1 aromatic carbocycles. The topological polar surface area (TPSA) is 59.7 Å². The summed E-state index contributed by atoms with van der Waals surface area (Å²) in [5, 5.41) is 3.26. The number of benzene rings is 1. The summed E-state index contributed by atoms with van der Waals surface area (Å²) in [6.45, 7) is 3.23. The minimum atomic E-state index is 0.0104. The molecular formula is C16H17N3O2. The molecule has 1 aromatic heterocycles. The van der Waals surface area contributed by atoms with Crippen LogP contribution in [0.25, 0.3) is 0 Å². The van der Waals surface area contributed by atoms with Gasteiger partial charge < -0.3 is 14.5 Å². The molecule has 5 heteroatoms. The maximum Gasteiger partial charge on any atom is 0.221 e. The second kappa shape index (κ2) is 6.37. The average Bonchev–Trinajstić information content (AvgIpc) is 3.01. The summed E-state index contributed by atoms with van der Waals surface area (Å²) in [6.07, 6.45) is 5.22. The summed E-state index contributed by atoms with van der Waals surface area (Å²) in [7, 11) is 0. The molecule has 0 saturated heterocycles. The molecular weight excluding hydrogens is 266 g/mol. The van der Waals surface area contributed by atoms with Crippen molar-refractivity contribution in [2.45, 2.75) is 19.6 Å². The molecule has 0 bridgehead atoms. The predicted molar refractivity (Wildman–Crippen MR) is 79.8 cm³/mol. The number of rotatable bonds is 5. The van der Waals surface area contributed by atoms with Gasteiger partial charge in [-0.3, -0.25) is 0 Å². The van der Waals surface area contributed by atoms with Crippen molar-refractivity contribution in [1.29, 1.82) is 0 Å². The van der Waals surface area contributed by atoms with E-state index in [1.807, 2.05) is 43.3 Å². The molecule has 108 valence electrons. The molecule has 21 heavy (non-hydrogen) atoms. The number of nitrogens with zero attached hydrogens (tertiary/aromatic N) is 2. The number of hydrogen-bond acceptors (Lipinski definition) is 5. The third kappa shape index (κ3) is 3.58. The van der Waals surface area contributed by atoms with Gasteiger partial charge in [-0.25, -0.2) is 9.98 Å². The van der Waals surface area contributed by atoms with E-state index in [4.69, 9.17) is 9.15 Å². The van der Waals surface area contributed by atoms with E-state index < -0.39 is 0 Å². The number of aromatic nitrogens is 1. The smallest absolute Gasteiger partial charge is 0.221 e. The van der Waals surface area contributed by atoms with Crippen LogP contribution in [0.5, 0.6) is 0 Å². The lowest BCUT2D eigenvalue weighted by Gasteiger charge is -2.20. The zero-order valence-corrected chi connectivity index (χ0v) is 11.8. The molecule has 0 amide bonds. The molecule has 1 N–H and O–H groups in total. The van der Waals surface area contributed by atoms with Crippen LogP contribution < -0.4 is 5.32 Å². The number of aliphatic imine (C=N–C) groups is 1. The van der Waals surface area contributed by atoms with Crippen LogP contribution in [0.1, 0.15) is 18.4 Å². The van der Waals surface area contributed by atoms with Crippen molar-refractivity contribution in [3.63, 3.8) is 0 Å². The maximum atomic E-state index is 5.77. The van der Waals surface area contributed by atoms with Crippen molar-refractivity contribution in [1.82, 2.24) is 10.3 Å². The van der Waals surface area contributed by atoms with Gasteiger partial charge in [-0.05, 0) is 25.1 Å². The SMILES string of the molecule is CC1C=C(CNCc2ncco2)N=C(c2ccccc2)O1. The zero-order valence-electron chi connectivity index (χ0n) is 11.8. The van der Waals surface area contributed by atoms with Gasteiger partial charge in [0.15, 0.2) is 0 Å². The number of hydrogen-bond donors (Lipinski definition) is 1. The van der Waals surface area contributed by atoms with Gasteiger partial charge in [-0.15, -0.1) is 0 Å². The third-order valence-corrected chi connectivity index (χ3v) is 3.06. The first kappa shape index (κ1) is 13.6. The highest BCUT2D eigenvalue weighted by molar-refractivity contribution is 5.95. The van der Waals surface area contributed by atoms with Crippen LogP contribution in [-0.4, -0.2) is 23.5 Å². The van der Waals surface area contributed by atoms with Crippen molar-refractivity contribution >= 4 is 5.90 Å². The van der Waals surface area contributed by atoms with E-state index in [0.29, 0.717) is 24.9 Å². The fraction of sp³-hybridized carbons (Fsp3) is 0.250. The Bertz CT molecular complexity index is 633. The first-order valence-electron chi connectivity index (χ1n) is 6.92. The quantitative estimate of drug-likeness (QED) is 0.916. The minimum Gasteiger partial charge on any atom is -0.470 e. The normalized spacial score (nSPS) is 17.9. The molecule has 1 aliphatic rings. The molecule has 5 nitrogen and oxygen atoms in total. The molecule has 0 spiro atoms. The number of ether oxygens (including phenoxy) is 1. The monoisotopic (exact) mass is 283 g/mol. The Morgan fingerprint density at radius 2 is 2.05 bits per heavy atom. The highest BCUT2D eigenvalue weighted by atomic mass is 16.5. The average molecular weight is 283 g/mol. The van der Waals surface area contributed by atoms with Crippen LogP contribution in [0, 0.1) is 0 Å². The van der Waals surface area contributed by atoms with Crippen LogP contribution in [-0.2, 0) is 11.3 Å². The molecule has 0 aliphatic carbocycles. The Hall–Kier alpha value is -2.40. The molecule has 1 atom stereocenters. The van der Waals surface area contributed by atoms with Gasteiger partial charge in [0.2, 0.25) is 11.8 Å². The van der Waals surface area contributed by atoms with Gasteiger partial charge in [0, 0.05) is 12.1 Å². The summed E-state index contributed by atoms with van der Waals surface area (Å²) in [4.78, 5) is 8.63. The number of oxazole rings is 1.